The third-order valence-corrected chi connectivity index (χ3v) is 4.27. The Morgan fingerprint density at radius 3 is 2.54 bits per heavy atom. The maximum absolute atomic E-state index is 12.6. The number of halogens is 1. The number of benzene rings is 1. The average molecular weight is 450 g/mol. The van der Waals surface area contributed by atoms with Crippen molar-refractivity contribution in [2.24, 2.45) is 0 Å². The molecule has 1 aromatic carbocycles. The highest BCUT2D eigenvalue weighted by atomic mass is 79.9. The van der Waals surface area contributed by atoms with Gasteiger partial charge in [0.25, 0.3) is 0 Å². The van der Waals surface area contributed by atoms with E-state index in [2.05, 4.69) is 35.7 Å². The average Bonchev–Trinajstić information content (AvgIpc) is 3.09. The monoisotopic (exact) mass is 449 g/mol. The molecule has 0 amide bonds. The van der Waals surface area contributed by atoms with Crippen LogP contribution in [0, 0.1) is 0 Å². The highest BCUT2D eigenvalue weighted by molar-refractivity contribution is 9.10. The number of ether oxygens (including phenoxy) is 2. The van der Waals surface area contributed by atoms with Gasteiger partial charge in [0.05, 0.1) is 14.2 Å². The van der Waals surface area contributed by atoms with Crippen molar-refractivity contribution in [1.82, 2.24) is 15.0 Å². The third-order valence-electron chi connectivity index (χ3n) is 3.78. The van der Waals surface area contributed by atoms with E-state index in [9.17, 15) is 19.2 Å². The first-order chi connectivity index (χ1) is 13.3. The van der Waals surface area contributed by atoms with E-state index in [1.165, 1.54) is 6.07 Å². The summed E-state index contributed by atoms with van der Waals surface area (Å²) in [5.41, 5.74) is -1.54. The van der Waals surface area contributed by atoms with Gasteiger partial charge in [0, 0.05) is 9.86 Å². The smallest absolute Gasteiger partial charge is 0.361 e. The molecule has 3 aromatic rings. The topological polar surface area (TPSA) is 131 Å². The number of carbonyl (C=O) groups excluding carboxylic acids is 3. The first kappa shape index (κ1) is 19.4. The molecule has 11 heteroatoms. The van der Waals surface area contributed by atoms with Crippen LogP contribution in [0.25, 0.3) is 11.0 Å². The van der Waals surface area contributed by atoms with Crippen molar-refractivity contribution in [3.8, 4) is 0 Å². The molecule has 0 fully saturated rings. The Morgan fingerprint density at radius 2 is 1.86 bits per heavy atom. The quantitative estimate of drug-likeness (QED) is 0.323. The van der Waals surface area contributed by atoms with Gasteiger partial charge in [-0.1, -0.05) is 21.1 Å². The van der Waals surface area contributed by atoms with Gasteiger partial charge in [0.1, 0.15) is 17.7 Å². The lowest BCUT2D eigenvalue weighted by atomic mass is 10.1. The number of rotatable bonds is 5. The first-order valence-electron chi connectivity index (χ1n) is 7.72. The van der Waals surface area contributed by atoms with Crippen LogP contribution in [0.1, 0.15) is 31.3 Å². The second-order valence-electron chi connectivity index (χ2n) is 5.48. The van der Waals surface area contributed by atoms with Crippen molar-refractivity contribution >= 4 is 44.6 Å². The summed E-state index contributed by atoms with van der Waals surface area (Å²) >= 11 is 3.30. The second-order valence-corrected chi connectivity index (χ2v) is 6.40. The van der Waals surface area contributed by atoms with Crippen LogP contribution in [0.3, 0.4) is 0 Å². The summed E-state index contributed by atoms with van der Waals surface area (Å²) in [6.45, 7) is -0.543. The minimum Gasteiger partial charge on any atom is -0.464 e. The van der Waals surface area contributed by atoms with Crippen LogP contribution in [0.15, 0.2) is 37.9 Å². The highest BCUT2D eigenvalue weighted by Gasteiger charge is 2.28. The molecular formula is C17H12BrN3O7. The van der Waals surface area contributed by atoms with Gasteiger partial charge in [-0.2, -0.15) is 0 Å². The normalized spacial score (nSPS) is 10.7. The molecule has 0 bridgehead atoms. The summed E-state index contributed by atoms with van der Waals surface area (Å²) in [5, 5.41) is 7.72. The van der Waals surface area contributed by atoms with Crippen LogP contribution in [-0.2, 0) is 16.0 Å². The number of esters is 2. The summed E-state index contributed by atoms with van der Waals surface area (Å²) < 4.78 is 15.9. The Balaban J connectivity index is 2.02. The van der Waals surface area contributed by atoms with E-state index in [0.717, 1.165) is 23.4 Å². The van der Waals surface area contributed by atoms with Crippen molar-refractivity contribution < 1.29 is 28.3 Å². The van der Waals surface area contributed by atoms with Crippen LogP contribution in [-0.4, -0.2) is 46.9 Å². The fraction of sp³-hybridized carbons (Fsp3) is 0.176. The molecule has 3 rings (SSSR count). The molecule has 10 nitrogen and oxygen atoms in total. The predicted octanol–water partition coefficient (Wildman–Crippen LogP) is 1.60. The van der Waals surface area contributed by atoms with Crippen molar-refractivity contribution in [2.45, 2.75) is 6.54 Å². The van der Waals surface area contributed by atoms with Crippen molar-refractivity contribution in [3.63, 3.8) is 0 Å². The zero-order valence-electron chi connectivity index (χ0n) is 14.6. The van der Waals surface area contributed by atoms with E-state index in [1.54, 1.807) is 18.2 Å². The maximum Gasteiger partial charge on any atom is 0.361 e. The Morgan fingerprint density at radius 1 is 1.14 bits per heavy atom. The second kappa shape index (κ2) is 7.72. The molecule has 144 valence electrons. The summed E-state index contributed by atoms with van der Waals surface area (Å²) in [7, 11) is 2.20. The molecule has 0 aliphatic rings. The number of hydrogen-bond donors (Lipinski definition) is 0. The Hall–Kier alpha value is -3.34. The van der Waals surface area contributed by atoms with Gasteiger partial charge in [-0.3, -0.25) is 4.79 Å². The predicted molar refractivity (Wildman–Crippen MR) is 97.2 cm³/mol. The largest absolute Gasteiger partial charge is 0.464 e. The maximum atomic E-state index is 12.6. The van der Waals surface area contributed by atoms with E-state index in [0.29, 0.717) is 11.0 Å². The number of fused-ring (bicyclic) bond motifs is 1. The standard InChI is InChI=1S/C17H12BrN3O7/c1-26-16(24)13-14(17(25)27-2)21(20-19-13)7-11(22)10-6-8-5-9(18)3-4-12(8)28-15(10)23/h3-6H,7H2,1-2H3. The minimum atomic E-state index is -0.937. The number of aromatic nitrogens is 3. The van der Waals surface area contributed by atoms with E-state index in [-0.39, 0.29) is 11.3 Å². The molecule has 0 saturated heterocycles. The summed E-state index contributed by atoms with van der Waals surface area (Å²) in [5.74, 6) is -2.55. The van der Waals surface area contributed by atoms with E-state index >= 15 is 0 Å². The first-order valence-corrected chi connectivity index (χ1v) is 8.51. The molecule has 0 spiro atoms. The number of carbonyl (C=O) groups is 3. The van der Waals surface area contributed by atoms with E-state index in [4.69, 9.17) is 4.42 Å². The number of nitrogens with zero attached hydrogens (tertiary/aromatic N) is 3. The van der Waals surface area contributed by atoms with Crippen molar-refractivity contribution in [2.75, 3.05) is 14.2 Å². The van der Waals surface area contributed by atoms with Crippen LogP contribution in [0.5, 0.6) is 0 Å². The zero-order valence-corrected chi connectivity index (χ0v) is 16.2. The van der Waals surface area contributed by atoms with Gasteiger partial charge in [-0.05, 0) is 24.3 Å². The van der Waals surface area contributed by atoms with Gasteiger partial charge in [0.2, 0.25) is 5.69 Å². The third kappa shape index (κ3) is 3.56. The minimum absolute atomic E-state index is 0.239. The lowest BCUT2D eigenvalue weighted by molar-refractivity contribution is 0.0543. The van der Waals surface area contributed by atoms with Crippen molar-refractivity contribution in [3.05, 3.63) is 56.1 Å². The number of Topliss-reactive ketones (excluding diaryl/α,β-unsaturated/α-hetero) is 1. The molecule has 28 heavy (non-hydrogen) atoms. The lowest BCUT2D eigenvalue weighted by Gasteiger charge is -2.06. The van der Waals surface area contributed by atoms with Crippen LogP contribution >= 0.6 is 15.9 Å². The Bertz CT molecular complexity index is 1170. The van der Waals surface area contributed by atoms with Gasteiger partial charge >= 0.3 is 17.6 Å². The van der Waals surface area contributed by atoms with Crippen LogP contribution in [0.2, 0.25) is 0 Å². The number of ketones is 1. The molecule has 0 radical (unpaired) electrons. The van der Waals surface area contributed by atoms with Crippen LogP contribution in [0.4, 0.5) is 0 Å². The molecular weight excluding hydrogens is 438 g/mol. The molecule has 2 heterocycles. The van der Waals surface area contributed by atoms with E-state index in [1.807, 2.05) is 0 Å². The molecule has 0 unspecified atom stereocenters. The van der Waals surface area contributed by atoms with Gasteiger partial charge in [0.15, 0.2) is 11.5 Å². The van der Waals surface area contributed by atoms with Gasteiger partial charge in [-0.15, -0.1) is 5.10 Å². The molecule has 0 N–H and O–H groups in total. The molecule has 0 atom stereocenters. The highest BCUT2D eigenvalue weighted by Crippen LogP contribution is 2.20. The van der Waals surface area contributed by atoms with Crippen molar-refractivity contribution in [1.29, 1.82) is 0 Å². The fourth-order valence-electron chi connectivity index (χ4n) is 2.47. The Kier molecular flexibility index (Phi) is 5.36. The lowest BCUT2D eigenvalue weighted by Crippen LogP contribution is -2.23. The summed E-state index contributed by atoms with van der Waals surface area (Å²) in [6, 6.07) is 6.34. The zero-order chi connectivity index (χ0) is 20.4. The fourth-order valence-corrected chi connectivity index (χ4v) is 2.85. The SMILES string of the molecule is COC(=O)c1nnn(CC(=O)c2cc3cc(Br)ccc3oc2=O)c1C(=O)OC. The Labute approximate surface area is 165 Å². The molecule has 2 aromatic heterocycles. The summed E-state index contributed by atoms with van der Waals surface area (Å²) in [6.07, 6.45) is 0. The van der Waals surface area contributed by atoms with Gasteiger partial charge in [-0.25, -0.2) is 19.1 Å². The number of hydrogen-bond acceptors (Lipinski definition) is 9. The van der Waals surface area contributed by atoms with Crippen LogP contribution < -0.4 is 5.63 Å². The molecule has 0 aliphatic heterocycles. The molecule has 0 aliphatic carbocycles. The molecule has 0 saturated carbocycles. The van der Waals surface area contributed by atoms with Gasteiger partial charge < -0.3 is 13.9 Å². The number of methoxy groups -OCH3 is 2. The summed E-state index contributed by atoms with van der Waals surface area (Å²) in [4.78, 5) is 48.6. The van der Waals surface area contributed by atoms with E-state index < -0.39 is 35.6 Å².